The molecule has 2 aromatic rings. The van der Waals surface area contributed by atoms with Crippen molar-refractivity contribution in [2.75, 3.05) is 48.8 Å². The van der Waals surface area contributed by atoms with Crippen LogP contribution in [0.3, 0.4) is 0 Å². The Morgan fingerprint density at radius 1 is 1.00 bits per heavy atom. The summed E-state index contributed by atoms with van der Waals surface area (Å²) in [4.78, 5) is 9.32. The van der Waals surface area contributed by atoms with E-state index >= 15 is 0 Å². The molecule has 1 aromatic carbocycles. The monoisotopic (exact) mass is 335 g/mol. The third-order valence-corrected chi connectivity index (χ3v) is 4.49. The summed E-state index contributed by atoms with van der Waals surface area (Å²) in [6, 6.07) is 6.15. The number of rotatable bonds is 3. The third kappa shape index (κ3) is 3.46. The van der Waals surface area contributed by atoms with Gasteiger partial charge in [-0.15, -0.1) is 0 Å². The molecule has 0 spiro atoms. The molecule has 0 radical (unpaired) electrons. The fourth-order valence-electron chi connectivity index (χ4n) is 2.99. The fraction of sp³-hybridized carbons (Fsp3) is 0.278. The predicted molar refractivity (Wildman–Crippen MR) is 102 cm³/mol. The Bertz CT molecular complexity index is 807. The highest BCUT2D eigenvalue weighted by Gasteiger charge is 2.17. The van der Waals surface area contributed by atoms with Gasteiger partial charge in [-0.25, -0.2) is 0 Å². The van der Waals surface area contributed by atoms with Crippen LogP contribution in [0, 0.1) is 0 Å². The Morgan fingerprint density at radius 2 is 1.76 bits per heavy atom. The normalized spacial score (nSPS) is 17.2. The van der Waals surface area contributed by atoms with Crippen molar-refractivity contribution in [1.29, 1.82) is 0 Å². The van der Waals surface area contributed by atoms with Crippen LogP contribution in [-0.2, 0) is 0 Å². The van der Waals surface area contributed by atoms with Crippen LogP contribution in [0.25, 0.3) is 0 Å². The molecule has 1 saturated heterocycles. The van der Waals surface area contributed by atoms with Gasteiger partial charge in [-0.05, 0) is 24.7 Å². The Kier molecular flexibility index (Phi) is 4.30. The third-order valence-electron chi connectivity index (χ3n) is 4.49. The lowest BCUT2D eigenvalue weighted by molar-refractivity contribution is 0.313. The number of benzene rings is 1. The molecule has 0 saturated carbocycles. The predicted octanol–water partition coefficient (Wildman–Crippen LogP) is 2.29. The summed E-state index contributed by atoms with van der Waals surface area (Å²) < 4.78 is 0. The van der Waals surface area contributed by atoms with Crippen LogP contribution in [0.2, 0.25) is 0 Å². The molecule has 7 nitrogen and oxygen atoms in total. The maximum atomic E-state index is 4.67. The molecule has 0 unspecified atom stereocenters. The molecule has 2 aliphatic heterocycles. The second-order valence-electron chi connectivity index (χ2n) is 6.24. The lowest BCUT2D eigenvalue weighted by Crippen LogP contribution is -2.44. The van der Waals surface area contributed by atoms with E-state index in [9.17, 15) is 0 Å². The fourth-order valence-corrected chi connectivity index (χ4v) is 2.99. The van der Waals surface area contributed by atoms with E-state index in [1.165, 1.54) is 0 Å². The molecule has 0 bridgehead atoms. The SMILES string of the molecule is CN1CCN(c2cnncc2N=Cc2ccc3c(c2)NC=CN3)CC1. The number of piperazine rings is 1. The van der Waals surface area contributed by atoms with Crippen LogP contribution in [-0.4, -0.2) is 54.5 Å². The van der Waals surface area contributed by atoms with Crippen molar-refractivity contribution in [3.05, 3.63) is 48.6 Å². The molecule has 2 N–H and O–H groups in total. The molecule has 3 heterocycles. The minimum Gasteiger partial charge on any atom is -0.366 e. The van der Waals surface area contributed by atoms with E-state index in [2.05, 4.69) is 48.7 Å². The molecule has 1 fully saturated rings. The summed E-state index contributed by atoms with van der Waals surface area (Å²) in [7, 11) is 2.15. The average molecular weight is 335 g/mol. The van der Waals surface area contributed by atoms with Gasteiger partial charge in [0.05, 0.1) is 29.5 Å². The molecule has 0 aliphatic carbocycles. The number of likely N-dealkylation sites (N-methyl/N-ethyl adjacent to an activating group) is 1. The Balaban J connectivity index is 1.56. The first-order valence-electron chi connectivity index (χ1n) is 8.40. The van der Waals surface area contributed by atoms with Gasteiger partial charge < -0.3 is 20.4 Å². The molecule has 0 atom stereocenters. The molecule has 128 valence electrons. The summed E-state index contributed by atoms with van der Waals surface area (Å²) >= 11 is 0. The second-order valence-corrected chi connectivity index (χ2v) is 6.24. The number of aliphatic imine (C=N–C) groups is 1. The van der Waals surface area contributed by atoms with E-state index in [0.717, 1.165) is 54.5 Å². The number of aromatic nitrogens is 2. The van der Waals surface area contributed by atoms with Crippen molar-refractivity contribution < 1.29 is 0 Å². The van der Waals surface area contributed by atoms with Gasteiger partial charge in [0.1, 0.15) is 5.69 Å². The van der Waals surface area contributed by atoms with Crippen molar-refractivity contribution in [3.8, 4) is 0 Å². The van der Waals surface area contributed by atoms with Crippen molar-refractivity contribution >= 4 is 29.0 Å². The van der Waals surface area contributed by atoms with Gasteiger partial charge in [0.15, 0.2) is 0 Å². The zero-order valence-corrected chi connectivity index (χ0v) is 14.2. The average Bonchev–Trinajstić information content (AvgIpc) is 2.67. The van der Waals surface area contributed by atoms with Crippen molar-refractivity contribution in [2.24, 2.45) is 4.99 Å². The highest BCUT2D eigenvalue weighted by molar-refractivity contribution is 5.88. The van der Waals surface area contributed by atoms with Gasteiger partial charge in [-0.1, -0.05) is 6.07 Å². The van der Waals surface area contributed by atoms with Gasteiger partial charge >= 0.3 is 0 Å². The molecular formula is C18H21N7. The van der Waals surface area contributed by atoms with E-state index in [4.69, 9.17) is 0 Å². The van der Waals surface area contributed by atoms with Crippen LogP contribution in [0.5, 0.6) is 0 Å². The first-order valence-corrected chi connectivity index (χ1v) is 8.40. The Labute approximate surface area is 147 Å². The summed E-state index contributed by atoms with van der Waals surface area (Å²) in [6.45, 7) is 4.04. The molecule has 4 rings (SSSR count). The largest absolute Gasteiger partial charge is 0.366 e. The molecule has 1 aromatic heterocycles. The van der Waals surface area contributed by atoms with Crippen molar-refractivity contribution in [3.63, 3.8) is 0 Å². The highest BCUT2D eigenvalue weighted by Crippen LogP contribution is 2.28. The van der Waals surface area contributed by atoms with Gasteiger partial charge in [0.25, 0.3) is 0 Å². The lowest BCUT2D eigenvalue weighted by atomic mass is 10.1. The maximum Gasteiger partial charge on any atom is 0.108 e. The van der Waals surface area contributed by atoms with Crippen LogP contribution in [0.1, 0.15) is 5.56 Å². The van der Waals surface area contributed by atoms with Gasteiger partial charge in [-0.3, -0.25) is 4.99 Å². The molecule has 0 amide bonds. The topological polar surface area (TPSA) is 68.7 Å². The lowest BCUT2D eigenvalue weighted by Gasteiger charge is -2.34. The molecule has 2 aliphatic rings. The number of nitrogens with one attached hydrogen (secondary N) is 2. The maximum absolute atomic E-state index is 4.67. The Hall–Kier alpha value is -2.93. The molecular weight excluding hydrogens is 314 g/mol. The summed E-state index contributed by atoms with van der Waals surface area (Å²) in [6.07, 6.45) is 9.16. The van der Waals surface area contributed by atoms with Crippen LogP contribution < -0.4 is 15.5 Å². The number of hydrogen-bond acceptors (Lipinski definition) is 7. The summed E-state index contributed by atoms with van der Waals surface area (Å²) in [5.74, 6) is 0. The van der Waals surface area contributed by atoms with Crippen LogP contribution in [0.15, 0.2) is 48.0 Å². The number of anilines is 3. The summed E-state index contributed by atoms with van der Waals surface area (Å²) in [5, 5.41) is 14.5. The zero-order valence-electron chi connectivity index (χ0n) is 14.2. The van der Waals surface area contributed by atoms with Crippen LogP contribution in [0.4, 0.5) is 22.7 Å². The summed E-state index contributed by atoms with van der Waals surface area (Å²) in [5.41, 5.74) is 5.02. The minimum atomic E-state index is 0.850. The van der Waals surface area contributed by atoms with E-state index in [0.29, 0.717) is 0 Å². The first kappa shape index (κ1) is 15.6. The van der Waals surface area contributed by atoms with E-state index in [1.807, 2.05) is 30.7 Å². The number of fused-ring (bicyclic) bond motifs is 1. The smallest absolute Gasteiger partial charge is 0.108 e. The van der Waals surface area contributed by atoms with E-state index in [-0.39, 0.29) is 0 Å². The second kappa shape index (κ2) is 6.90. The van der Waals surface area contributed by atoms with Gasteiger partial charge in [0.2, 0.25) is 0 Å². The van der Waals surface area contributed by atoms with Crippen molar-refractivity contribution in [1.82, 2.24) is 15.1 Å². The van der Waals surface area contributed by atoms with Crippen LogP contribution >= 0.6 is 0 Å². The van der Waals surface area contributed by atoms with Gasteiger partial charge in [0, 0.05) is 44.8 Å². The number of hydrogen-bond donors (Lipinski definition) is 2. The Morgan fingerprint density at radius 3 is 2.60 bits per heavy atom. The minimum absolute atomic E-state index is 0.850. The highest BCUT2D eigenvalue weighted by atomic mass is 15.3. The van der Waals surface area contributed by atoms with E-state index < -0.39 is 0 Å². The molecule has 7 heteroatoms. The molecule has 25 heavy (non-hydrogen) atoms. The standard InChI is InChI=1S/C18H21N7/c1-24-6-8-25(9-7-24)18-13-23-22-12-17(18)21-11-14-2-3-15-16(10-14)20-5-4-19-15/h2-5,10-13,19-20H,6-9H2,1H3. The van der Waals surface area contributed by atoms with Gasteiger partial charge in [-0.2, -0.15) is 10.2 Å². The zero-order chi connectivity index (χ0) is 17.1. The van der Waals surface area contributed by atoms with E-state index in [1.54, 1.807) is 12.4 Å². The first-order chi connectivity index (χ1) is 12.3. The number of nitrogens with zero attached hydrogens (tertiary/aromatic N) is 5. The van der Waals surface area contributed by atoms with Crippen molar-refractivity contribution in [2.45, 2.75) is 0 Å². The quantitative estimate of drug-likeness (QED) is 0.839.